The predicted molar refractivity (Wildman–Crippen MR) is 87.0 cm³/mol. The van der Waals surface area contributed by atoms with Crippen LogP contribution in [-0.4, -0.2) is 18.3 Å². The van der Waals surface area contributed by atoms with Crippen molar-refractivity contribution in [1.29, 1.82) is 0 Å². The third-order valence-corrected chi connectivity index (χ3v) is 4.55. The van der Waals surface area contributed by atoms with Gasteiger partial charge in [-0.1, -0.05) is 44.2 Å². The van der Waals surface area contributed by atoms with Crippen LogP contribution in [0.5, 0.6) is 0 Å². The maximum Gasteiger partial charge on any atom is 0.0106 e. The van der Waals surface area contributed by atoms with Crippen molar-refractivity contribution >= 4 is 22.5 Å². The summed E-state index contributed by atoms with van der Waals surface area (Å²) in [7, 11) is 0. The molecule has 0 bridgehead atoms. The van der Waals surface area contributed by atoms with Gasteiger partial charge in [0.2, 0.25) is 0 Å². The van der Waals surface area contributed by atoms with Crippen LogP contribution in [0.2, 0.25) is 0 Å². The van der Waals surface area contributed by atoms with Crippen molar-refractivity contribution in [3.63, 3.8) is 0 Å². The largest absolute Gasteiger partial charge is 0.313 e. The van der Waals surface area contributed by atoms with Gasteiger partial charge in [-0.3, -0.25) is 0 Å². The van der Waals surface area contributed by atoms with Gasteiger partial charge in [-0.05, 0) is 35.7 Å². The molecule has 19 heavy (non-hydrogen) atoms. The van der Waals surface area contributed by atoms with E-state index in [1.54, 1.807) is 0 Å². The summed E-state index contributed by atoms with van der Waals surface area (Å²) in [6.07, 6.45) is 0. The molecule has 2 rings (SSSR count). The van der Waals surface area contributed by atoms with Gasteiger partial charge in [0.1, 0.15) is 0 Å². The number of hydrogen-bond acceptors (Lipinski definition) is 2. The quantitative estimate of drug-likeness (QED) is 0.611. The van der Waals surface area contributed by atoms with E-state index in [9.17, 15) is 0 Å². The second-order valence-electron chi connectivity index (χ2n) is 5.34. The van der Waals surface area contributed by atoms with Gasteiger partial charge in [0.25, 0.3) is 0 Å². The molecule has 2 aromatic rings. The Balaban J connectivity index is 1.85. The summed E-state index contributed by atoms with van der Waals surface area (Å²) in [5.74, 6) is 1.82. The lowest BCUT2D eigenvalue weighted by molar-refractivity contribution is 0.438. The monoisotopic (exact) mass is 273 g/mol. The van der Waals surface area contributed by atoms with Crippen molar-refractivity contribution in [2.45, 2.75) is 31.7 Å². The van der Waals surface area contributed by atoms with Gasteiger partial charge in [0.15, 0.2) is 0 Å². The molecular weight excluding hydrogens is 250 g/mol. The number of rotatable bonds is 6. The van der Waals surface area contributed by atoms with Crippen LogP contribution in [0.25, 0.3) is 10.8 Å². The highest BCUT2D eigenvalue weighted by molar-refractivity contribution is 7.99. The Bertz CT molecular complexity index is 521. The molecule has 1 N–H and O–H groups in total. The average molecular weight is 273 g/mol. The fourth-order valence-electron chi connectivity index (χ4n) is 1.95. The summed E-state index contributed by atoms with van der Waals surface area (Å²) in [6, 6.07) is 15.8. The first-order valence-electron chi connectivity index (χ1n) is 7.02. The molecule has 2 heteroatoms. The zero-order valence-corrected chi connectivity index (χ0v) is 12.8. The Morgan fingerprint density at radius 3 is 2.47 bits per heavy atom. The zero-order chi connectivity index (χ0) is 13.7. The number of fused-ring (bicyclic) bond motifs is 1. The van der Waals surface area contributed by atoms with Crippen molar-refractivity contribution in [2.75, 3.05) is 12.3 Å². The maximum atomic E-state index is 3.57. The second-order valence-corrected chi connectivity index (χ2v) is 6.51. The number of thioether (sulfide) groups is 1. The first-order chi connectivity index (χ1) is 9.16. The molecule has 0 saturated carbocycles. The van der Waals surface area contributed by atoms with Gasteiger partial charge in [0, 0.05) is 23.2 Å². The summed E-state index contributed by atoms with van der Waals surface area (Å²) in [6.45, 7) is 7.84. The van der Waals surface area contributed by atoms with E-state index in [0.717, 1.165) is 12.3 Å². The van der Waals surface area contributed by atoms with Gasteiger partial charge >= 0.3 is 0 Å². The minimum absolute atomic E-state index is 0.595. The molecule has 0 saturated heterocycles. The topological polar surface area (TPSA) is 12.0 Å². The summed E-state index contributed by atoms with van der Waals surface area (Å²) in [5, 5.41) is 6.22. The second kappa shape index (κ2) is 6.97. The smallest absolute Gasteiger partial charge is 0.0106 e. The summed E-state index contributed by atoms with van der Waals surface area (Å²) in [4.78, 5) is 1.36. The summed E-state index contributed by atoms with van der Waals surface area (Å²) < 4.78 is 0. The summed E-state index contributed by atoms with van der Waals surface area (Å²) in [5.41, 5.74) is 0. The maximum absolute atomic E-state index is 3.57. The molecular formula is C17H23NS. The van der Waals surface area contributed by atoms with E-state index in [-0.39, 0.29) is 0 Å². The van der Waals surface area contributed by atoms with Crippen LogP contribution in [0.4, 0.5) is 0 Å². The van der Waals surface area contributed by atoms with Crippen LogP contribution in [0.15, 0.2) is 47.4 Å². The Kier molecular flexibility index (Phi) is 5.29. The Morgan fingerprint density at radius 2 is 1.74 bits per heavy atom. The molecule has 0 aliphatic carbocycles. The number of nitrogens with one attached hydrogen (secondary N) is 1. The zero-order valence-electron chi connectivity index (χ0n) is 12.0. The van der Waals surface area contributed by atoms with E-state index in [2.05, 4.69) is 68.6 Å². The highest BCUT2D eigenvalue weighted by Crippen LogP contribution is 2.23. The van der Waals surface area contributed by atoms with Crippen LogP contribution >= 0.6 is 11.8 Å². The molecule has 1 nitrogen and oxygen atoms in total. The normalized spacial score (nSPS) is 13.1. The van der Waals surface area contributed by atoms with E-state index in [1.165, 1.54) is 15.7 Å². The lowest BCUT2D eigenvalue weighted by Gasteiger charge is -2.17. The number of benzene rings is 2. The van der Waals surface area contributed by atoms with Gasteiger partial charge in [-0.15, -0.1) is 11.8 Å². The standard InChI is InChI=1S/C17H23NS/c1-13(2)14(3)18-10-11-19-17-9-8-15-6-4-5-7-16(15)12-17/h4-9,12-14,18H,10-11H2,1-3H3. The fourth-order valence-corrected chi connectivity index (χ4v) is 2.78. The van der Waals surface area contributed by atoms with Crippen molar-refractivity contribution < 1.29 is 0 Å². The molecule has 1 atom stereocenters. The molecule has 0 amide bonds. The van der Waals surface area contributed by atoms with Crippen LogP contribution in [-0.2, 0) is 0 Å². The fraction of sp³-hybridized carbons (Fsp3) is 0.412. The minimum atomic E-state index is 0.595. The Labute approximate surface area is 120 Å². The predicted octanol–water partition coefficient (Wildman–Crippen LogP) is 4.57. The first-order valence-corrected chi connectivity index (χ1v) is 8.00. The molecule has 0 heterocycles. The molecule has 0 radical (unpaired) electrons. The molecule has 0 aromatic heterocycles. The van der Waals surface area contributed by atoms with Crippen LogP contribution < -0.4 is 5.32 Å². The lowest BCUT2D eigenvalue weighted by Crippen LogP contribution is -2.32. The average Bonchev–Trinajstić information content (AvgIpc) is 2.43. The van der Waals surface area contributed by atoms with Gasteiger partial charge < -0.3 is 5.32 Å². The van der Waals surface area contributed by atoms with E-state index in [0.29, 0.717) is 12.0 Å². The number of hydrogen-bond donors (Lipinski definition) is 1. The molecule has 0 fully saturated rings. The van der Waals surface area contributed by atoms with Gasteiger partial charge in [0.05, 0.1) is 0 Å². The lowest BCUT2D eigenvalue weighted by atomic mass is 10.1. The Morgan fingerprint density at radius 1 is 1.00 bits per heavy atom. The third-order valence-electron chi connectivity index (χ3n) is 3.56. The highest BCUT2D eigenvalue weighted by Gasteiger charge is 2.05. The van der Waals surface area contributed by atoms with Gasteiger partial charge in [-0.2, -0.15) is 0 Å². The van der Waals surface area contributed by atoms with E-state index in [4.69, 9.17) is 0 Å². The van der Waals surface area contributed by atoms with Crippen molar-refractivity contribution in [3.8, 4) is 0 Å². The SMILES string of the molecule is CC(C)C(C)NCCSc1ccc2ccccc2c1. The van der Waals surface area contributed by atoms with E-state index < -0.39 is 0 Å². The Hall–Kier alpha value is -0.990. The minimum Gasteiger partial charge on any atom is -0.313 e. The van der Waals surface area contributed by atoms with E-state index >= 15 is 0 Å². The van der Waals surface area contributed by atoms with Crippen molar-refractivity contribution in [1.82, 2.24) is 5.32 Å². The molecule has 2 aromatic carbocycles. The van der Waals surface area contributed by atoms with Crippen LogP contribution in [0.3, 0.4) is 0 Å². The first kappa shape index (κ1) is 14.4. The molecule has 1 unspecified atom stereocenters. The highest BCUT2D eigenvalue weighted by atomic mass is 32.2. The molecule has 0 aliphatic heterocycles. The van der Waals surface area contributed by atoms with Crippen molar-refractivity contribution in [3.05, 3.63) is 42.5 Å². The molecule has 0 spiro atoms. The van der Waals surface area contributed by atoms with Crippen molar-refractivity contribution in [2.24, 2.45) is 5.92 Å². The molecule has 102 valence electrons. The van der Waals surface area contributed by atoms with Crippen LogP contribution in [0, 0.1) is 5.92 Å². The van der Waals surface area contributed by atoms with E-state index in [1.807, 2.05) is 11.8 Å². The van der Waals surface area contributed by atoms with Crippen LogP contribution in [0.1, 0.15) is 20.8 Å². The third kappa shape index (κ3) is 4.26. The summed E-state index contributed by atoms with van der Waals surface area (Å²) >= 11 is 1.93. The van der Waals surface area contributed by atoms with Gasteiger partial charge in [-0.25, -0.2) is 0 Å². The molecule has 0 aliphatic rings.